The van der Waals surface area contributed by atoms with Crippen molar-refractivity contribution < 1.29 is 19.4 Å². The molecular formula is C24H40O4. The van der Waals surface area contributed by atoms with Gasteiger partial charge >= 0.3 is 11.9 Å². The molecule has 0 aliphatic heterocycles. The summed E-state index contributed by atoms with van der Waals surface area (Å²) in [6.07, 6.45) is 17.5. The number of carbonyl (C=O) groups is 2. The van der Waals surface area contributed by atoms with Crippen LogP contribution in [0.4, 0.5) is 0 Å². The molecule has 0 aromatic rings. The molecule has 1 N–H and O–H groups in total. The average molecular weight is 393 g/mol. The monoisotopic (exact) mass is 392 g/mol. The number of unbranched alkanes of at least 4 members (excludes halogenated alkanes) is 9. The molecule has 4 saturated carbocycles. The molecule has 0 aromatic carbocycles. The van der Waals surface area contributed by atoms with Crippen molar-refractivity contribution in [2.75, 3.05) is 6.61 Å². The van der Waals surface area contributed by atoms with Crippen molar-refractivity contribution in [3.05, 3.63) is 0 Å². The molecule has 0 amide bonds. The van der Waals surface area contributed by atoms with Crippen molar-refractivity contribution in [1.82, 2.24) is 0 Å². The second-order valence-electron chi connectivity index (χ2n) is 10.1. The average Bonchev–Trinajstić information content (AvgIpc) is 2.64. The van der Waals surface area contributed by atoms with E-state index in [4.69, 9.17) is 4.74 Å². The zero-order valence-corrected chi connectivity index (χ0v) is 17.8. The lowest BCUT2D eigenvalue weighted by Crippen LogP contribution is -2.57. The van der Waals surface area contributed by atoms with Crippen LogP contribution in [0.25, 0.3) is 0 Å². The molecular weight excluding hydrogens is 352 g/mol. The fraction of sp³-hybridized carbons (Fsp3) is 0.917. The van der Waals surface area contributed by atoms with Crippen molar-refractivity contribution in [3.63, 3.8) is 0 Å². The Labute approximate surface area is 170 Å². The number of rotatable bonds is 13. The summed E-state index contributed by atoms with van der Waals surface area (Å²) in [4.78, 5) is 24.8. The highest BCUT2D eigenvalue weighted by Crippen LogP contribution is 2.65. The first-order chi connectivity index (χ1) is 13.5. The van der Waals surface area contributed by atoms with Gasteiger partial charge in [0.05, 0.1) is 17.4 Å². The SMILES string of the molecule is CCCCCCCCCCCCOC(=O)C12CC3CC(CC(C(=O)O)(C3)C1)C2. The fourth-order valence-electron chi connectivity index (χ4n) is 6.66. The first kappa shape index (κ1) is 21.6. The van der Waals surface area contributed by atoms with Crippen LogP contribution in [0.5, 0.6) is 0 Å². The van der Waals surface area contributed by atoms with E-state index in [2.05, 4.69) is 6.92 Å². The Kier molecular flexibility index (Phi) is 7.44. The van der Waals surface area contributed by atoms with Crippen molar-refractivity contribution in [2.24, 2.45) is 22.7 Å². The number of aliphatic carboxylic acids is 1. The predicted octanol–water partition coefficient (Wildman–Crippen LogP) is 6.12. The van der Waals surface area contributed by atoms with Crippen LogP contribution in [0.15, 0.2) is 0 Å². The van der Waals surface area contributed by atoms with Gasteiger partial charge in [-0.05, 0) is 56.8 Å². The minimum atomic E-state index is -0.687. The molecule has 0 spiro atoms. The van der Waals surface area contributed by atoms with E-state index in [9.17, 15) is 14.7 Å². The van der Waals surface area contributed by atoms with E-state index in [-0.39, 0.29) is 5.97 Å². The van der Waals surface area contributed by atoms with Crippen LogP contribution in [0.2, 0.25) is 0 Å². The van der Waals surface area contributed by atoms with Crippen LogP contribution in [-0.2, 0) is 14.3 Å². The lowest BCUT2D eigenvalue weighted by Gasteiger charge is -2.59. The number of hydrogen-bond acceptors (Lipinski definition) is 3. The van der Waals surface area contributed by atoms with Gasteiger partial charge in [0.15, 0.2) is 0 Å². The lowest BCUT2D eigenvalue weighted by atomic mass is 9.44. The molecule has 4 nitrogen and oxygen atoms in total. The molecule has 4 fully saturated rings. The maximum absolute atomic E-state index is 12.9. The molecule has 4 rings (SSSR count). The normalized spacial score (nSPS) is 33.2. The van der Waals surface area contributed by atoms with Gasteiger partial charge in [0.1, 0.15) is 0 Å². The van der Waals surface area contributed by atoms with Gasteiger partial charge in [-0.3, -0.25) is 9.59 Å². The smallest absolute Gasteiger partial charge is 0.312 e. The van der Waals surface area contributed by atoms with E-state index < -0.39 is 16.8 Å². The number of carboxylic acid groups (broad SMARTS) is 1. The summed E-state index contributed by atoms with van der Waals surface area (Å²) < 4.78 is 5.69. The second kappa shape index (κ2) is 9.63. The van der Waals surface area contributed by atoms with Crippen LogP contribution in [0.1, 0.15) is 110 Å². The molecule has 4 aliphatic rings. The van der Waals surface area contributed by atoms with Crippen molar-refractivity contribution in [2.45, 2.75) is 110 Å². The third-order valence-electron chi connectivity index (χ3n) is 7.68. The zero-order chi connectivity index (χ0) is 20.0. The summed E-state index contributed by atoms with van der Waals surface area (Å²) in [5, 5.41) is 9.80. The first-order valence-corrected chi connectivity index (χ1v) is 11.9. The van der Waals surface area contributed by atoms with Crippen molar-refractivity contribution in [1.29, 1.82) is 0 Å². The minimum Gasteiger partial charge on any atom is -0.481 e. The van der Waals surface area contributed by atoms with Crippen molar-refractivity contribution in [3.8, 4) is 0 Å². The Bertz CT molecular complexity index is 527. The van der Waals surface area contributed by atoms with Gasteiger partial charge in [0.25, 0.3) is 0 Å². The summed E-state index contributed by atoms with van der Waals surface area (Å²) in [5.74, 6) is 0.0288. The van der Waals surface area contributed by atoms with Gasteiger partial charge in [-0.25, -0.2) is 0 Å². The minimum absolute atomic E-state index is 0.0943. The Morgan fingerprint density at radius 2 is 1.32 bits per heavy atom. The molecule has 0 saturated heterocycles. The van der Waals surface area contributed by atoms with E-state index in [1.165, 1.54) is 51.4 Å². The van der Waals surface area contributed by atoms with Gasteiger partial charge in [0, 0.05) is 0 Å². The van der Waals surface area contributed by atoms with Crippen LogP contribution >= 0.6 is 0 Å². The molecule has 28 heavy (non-hydrogen) atoms. The van der Waals surface area contributed by atoms with Gasteiger partial charge in [0.2, 0.25) is 0 Å². The van der Waals surface area contributed by atoms with E-state index in [0.717, 1.165) is 44.9 Å². The molecule has 0 aromatic heterocycles. The van der Waals surface area contributed by atoms with Crippen LogP contribution in [0, 0.1) is 22.7 Å². The van der Waals surface area contributed by atoms with Crippen LogP contribution in [0.3, 0.4) is 0 Å². The second-order valence-corrected chi connectivity index (χ2v) is 10.1. The third kappa shape index (κ3) is 4.91. The van der Waals surface area contributed by atoms with E-state index in [1.54, 1.807) is 0 Å². The Morgan fingerprint density at radius 1 is 0.821 bits per heavy atom. The summed E-state index contributed by atoms with van der Waals surface area (Å²) in [5.41, 5.74) is -1.15. The quantitative estimate of drug-likeness (QED) is 0.303. The van der Waals surface area contributed by atoms with Gasteiger partial charge in [-0.2, -0.15) is 0 Å². The van der Waals surface area contributed by atoms with Gasteiger partial charge < -0.3 is 9.84 Å². The maximum atomic E-state index is 12.9. The topological polar surface area (TPSA) is 63.6 Å². The molecule has 0 heterocycles. The molecule has 4 bridgehead atoms. The van der Waals surface area contributed by atoms with Crippen LogP contribution in [-0.4, -0.2) is 23.7 Å². The van der Waals surface area contributed by atoms with E-state index >= 15 is 0 Å². The fourth-order valence-corrected chi connectivity index (χ4v) is 6.66. The maximum Gasteiger partial charge on any atom is 0.312 e. The Morgan fingerprint density at radius 3 is 1.86 bits per heavy atom. The number of hydrogen-bond donors (Lipinski definition) is 1. The largest absolute Gasteiger partial charge is 0.481 e. The number of carboxylic acids is 1. The summed E-state index contributed by atoms with van der Waals surface area (Å²) in [7, 11) is 0. The van der Waals surface area contributed by atoms with Gasteiger partial charge in [-0.1, -0.05) is 64.7 Å². The van der Waals surface area contributed by atoms with E-state index in [0.29, 0.717) is 24.9 Å². The number of carbonyl (C=O) groups excluding carboxylic acids is 1. The standard InChI is InChI=1S/C24H40O4/c1-2-3-4-5-6-7-8-9-10-11-12-28-22(27)24-16-19-13-20(17-24)15-23(14-19,18-24)21(25)26/h19-20H,2-18H2,1H3,(H,25,26). The molecule has 0 radical (unpaired) electrons. The number of ether oxygens (including phenoxy) is 1. The third-order valence-corrected chi connectivity index (χ3v) is 7.68. The molecule has 4 heteroatoms. The summed E-state index contributed by atoms with van der Waals surface area (Å²) in [6.45, 7) is 2.76. The first-order valence-electron chi connectivity index (χ1n) is 11.9. The highest BCUT2D eigenvalue weighted by molar-refractivity contribution is 5.82. The van der Waals surface area contributed by atoms with Gasteiger partial charge in [-0.15, -0.1) is 0 Å². The molecule has 2 unspecified atom stereocenters. The summed E-state index contributed by atoms with van der Waals surface area (Å²) >= 11 is 0. The molecule has 160 valence electrons. The van der Waals surface area contributed by atoms with Crippen LogP contribution < -0.4 is 0 Å². The Hall–Kier alpha value is -1.06. The highest BCUT2D eigenvalue weighted by Gasteiger charge is 2.63. The van der Waals surface area contributed by atoms with E-state index in [1.807, 2.05) is 0 Å². The predicted molar refractivity (Wildman–Crippen MR) is 110 cm³/mol. The molecule has 2 atom stereocenters. The Balaban J connectivity index is 1.33. The highest BCUT2D eigenvalue weighted by atomic mass is 16.5. The zero-order valence-electron chi connectivity index (χ0n) is 17.8. The number of esters is 1. The summed E-state index contributed by atoms with van der Waals surface area (Å²) in [6, 6.07) is 0. The molecule has 4 aliphatic carbocycles. The van der Waals surface area contributed by atoms with Crippen molar-refractivity contribution >= 4 is 11.9 Å². The lowest BCUT2D eigenvalue weighted by molar-refractivity contribution is -0.190.